The van der Waals surface area contributed by atoms with E-state index in [0.717, 1.165) is 0 Å². The average molecular weight is 632 g/mol. The standard InChI is InChI=1S/C23H11F15N2O2/c24-19(25,26)8-1-9(41-11-4-13(20(27,28)29)17(15(39)6-11)22(33,34)35)3-10(2-8)42-12-5-14(21(30,31)32)18(16(40)7-12)23(36,37)38/h1-7H,39-40H2. The van der Waals surface area contributed by atoms with E-state index < -0.39 is 93.1 Å². The lowest BCUT2D eigenvalue weighted by Crippen LogP contribution is -2.19. The number of alkyl halides is 15. The van der Waals surface area contributed by atoms with Crippen LogP contribution in [-0.4, -0.2) is 0 Å². The van der Waals surface area contributed by atoms with Crippen LogP contribution in [-0.2, 0) is 30.9 Å². The first-order chi connectivity index (χ1) is 18.8. The quantitative estimate of drug-likeness (QED) is 0.222. The number of anilines is 2. The van der Waals surface area contributed by atoms with Gasteiger partial charge < -0.3 is 20.9 Å². The molecule has 3 aromatic carbocycles. The van der Waals surface area contributed by atoms with Crippen LogP contribution in [0.2, 0.25) is 0 Å². The Kier molecular flexibility index (Phi) is 7.90. The number of halogens is 15. The minimum Gasteiger partial charge on any atom is -0.457 e. The Bertz CT molecular complexity index is 1380. The summed E-state index contributed by atoms with van der Waals surface area (Å²) in [6.45, 7) is 0. The number of ether oxygens (including phenoxy) is 2. The summed E-state index contributed by atoms with van der Waals surface area (Å²) in [5, 5.41) is 0. The zero-order valence-electron chi connectivity index (χ0n) is 19.7. The fraction of sp³-hybridized carbons (Fsp3) is 0.217. The molecule has 0 atom stereocenters. The fourth-order valence-electron chi connectivity index (χ4n) is 3.60. The van der Waals surface area contributed by atoms with Crippen LogP contribution in [0.15, 0.2) is 42.5 Å². The van der Waals surface area contributed by atoms with Gasteiger partial charge in [0.15, 0.2) is 0 Å². The molecule has 0 spiro atoms. The molecule has 4 nitrogen and oxygen atoms in total. The molecule has 0 heterocycles. The minimum absolute atomic E-state index is 0.135. The van der Waals surface area contributed by atoms with Crippen molar-refractivity contribution in [3.63, 3.8) is 0 Å². The lowest BCUT2D eigenvalue weighted by atomic mass is 10.0. The van der Waals surface area contributed by atoms with Crippen LogP contribution < -0.4 is 20.9 Å². The summed E-state index contributed by atoms with van der Waals surface area (Å²) in [6, 6.07) is 0.707. The smallest absolute Gasteiger partial charge is 0.418 e. The molecule has 0 aliphatic heterocycles. The zero-order chi connectivity index (χ0) is 32.2. The average Bonchev–Trinajstić information content (AvgIpc) is 2.74. The third kappa shape index (κ3) is 7.17. The topological polar surface area (TPSA) is 70.5 Å². The Labute approximate surface area is 223 Å². The molecule has 0 amide bonds. The Morgan fingerprint density at radius 3 is 0.952 bits per heavy atom. The largest absolute Gasteiger partial charge is 0.457 e. The molecule has 0 bridgehead atoms. The third-order valence-electron chi connectivity index (χ3n) is 5.14. The van der Waals surface area contributed by atoms with Crippen molar-refractivity contribution >= 4 is 11.4 Å². The summed E-state index contributed by atoms with van der Waals surface area (Å²) >= 11 is 0. The van der Waals surface area contributed by atoms with Gasteiger partial charge in [-0.05, 0) is 24.3 Å². The van der Waals surface area contributed by atoms with Gasteiger partial charge in [-0.2, -0.15) is 65.9 Å². The van der Waals surface area contributed by atoms with Gasteiger partial charge in [0.05, 0.1) is 27.8 Å². The van der Waals surface area contributed by atoms with E-state index in [9.17, 15) is 65.9 Å². The summed E-state index contributed by atoms with van der Waals surface area (Å²) in [5.41, 5.74) is -3.84. The summed E-state index contributed by atoms with van der Waals surface area (Å²) in [4.78, 5) is 0. The van der Waals surface area contributed by atoms with Crippen molar-refractivity contribution in [2.45, 2.75) is 30.9 Å². The minimum atomic E-state index is -5.67. The normalized spacial score (nSPS) is 13.3. The number of benzene rings is 3. The number of hydrogen-bond acceptors (Lipinski definition) is 4. The zero-order valence-corrected chi connectivity index (χ0v) is 19.7. The van der Waals surface area contributed by atoms with Gasteiger partial charge >= 0.3 is 30.9 Å². The van der Waals surface area contributed by atoms with Crippen molar-refractivity contribution in [1.82, 2.24) is 0 Å². The van der Waals surface area contributed by atoms with Crippen molar-refractivity contribution in [3.8, 4) is 23.0 Å². The van der Waals surface area contributed by atoms with Gasteiger partial charge in [0.25, 0.3) is 0 Å². The SMILES string of the molecule is Nc1cc(Oc2cc(Oc3cc(N)c(C(F)(F)F)c(C(F)(F)F)c3)cc(C(F)(F)F)c2)cc(C(F)(F)F)c1C(F)(F)F. The second kappa shape index (κ2) is 10.3. The van der Waals surface area contributed by atoms with Gasteiger partial charge in [0.1, 0.15) is 23.0 Å². The molecule has 19 heteroatoms. The molecule has 0 aliphatic carbocycles. The monoisotopic (exact) mass is 632 g/mol. The lowest BCUT2D eigenvalue weighted by Gasteiger charge is -2.20. The first-order valence-corrected chi connectivity index (χ1v) is 10.5. The molecule has 3 aromatic rings. The molecular formula is C23H11F15N2O2. The molecule has 0 aromatic heterocycles. The van der Waals surface area contributed by atoms with E-state index in [2.05, 4.69) is 0 Å². The highest BCUT2D eigenvalue weighted by Crippen LogP contribution is 2.48. The molecular weight excluding hydrogens is 621 g/mol. The predicted molar refractivity (Wildman–Crippen MR) is 113 cm³/mol. The first kappa shape index (κ1) is 32.3. The van der Waals surface area contributed by atoms with E-state index in [4.69, 9.17) is 20.9 Å². The number of hydrogen-bond donors (Lipinski definition) is 2. The molecule has 0 unspecified atom stereocenters. The van der Waals surface area contributed by atoms with Crippen LogP contribution in [0.5, 0.6) is 23.0 Å². The molecule has 0 saturated carbocycles. The van der Waals surface area contributed by atoms with Gasteiger partial charge in [0.2, 0.25) is 0 Å². The van der Waals surface area contributed by atoms with Crippen LogP contribution in [0.4, 0.5) is 77.2 Å². The molecule has 0 radical (unpaired) electrons. The van der Waals surface area contributed by atoms with Gasteiger partial charge in [-0.25, -0.2) is 0 Å². The molecule has 0 aliphatic rings. The first-order valence-electron chi connectivity index (χ1n) is 10.5. The molecule has 4 N–H and O–H groups in total. The third-order valence-corrected chi connectivity index (χ3v) is 5.14. The van der Waals surface area contributed by atoms with Crippen molar-refractivity contribution < 1.29 is 75.3 Å². The van der Waals surface area contributed by atoms with Crippen LogP contribution in [0.25, 0.3) is 0 Å². The van der Waals surface area contributed by atoms with E-state index in [1.807, 2.05) is 0 Å². The molecule has 0 saturated heterocycles. The number of nitrogens with two attached hydrogens (primary N) is 2. The van der Waals surface area contributed by atoms with Crippen LogP contribution in [0, 0.1) is 0 Å². The van der Waals surface area contributed by atoms with Crippen molar-refractivity contribution in [1.29, 1.82) is 0 Å². The Hall–Kier alpha value is -4.19. The Morgan fingerprint density at radius 1 is 0.381 bits per heavy atom. The summed E-state index contributed by atoms with van der Waals surface area (Å²) in [5.74, 6) is -4.42. The molecule has 230 valence electrons. The van der Waals surface area contributed by atoms with Gasteiger partial charge in [-0.15, -0.1) is 0 Å². The van der Waals surface area contributed by atoms with E-state index >= 15 is 0 Å². The van der Waals surface area contributed by atoms with Gasteiger partial charge in [-0.3, -0.25) is 0 Å². The van der Waals surface area contributed by atoms with Gasteiger partial charge in [-0.1, -0.05) is 0 Å². The highest BCUT2D eigenvalue weighted by atomic mass is 19.4. The fourth-order valence-corrected chi connectivity index (χ4v) is 3.60. The maximum atomic E-state index is 13.5. The highest BCUT2D eigenvalue weighted by molar-refractivity contribution is 5.60. The molecule has 3 rings (SSSR count). The second-order valence-corrected chi connectivity index (χ2v) is 8.26. The van der Waals surface area contributed by atoms with E-state index in [1.54, 1.807) is 0 Å². The maximum Gasteiger partial charge on any atom is 0.418 e. The Balaban J connectivity index is 2.14. The number of nitrogen functional groups attached to an aromatic ring is 2. The van der Waals surface area contributed by atoms with Gasteiger partial charge in [0, 0.05) is 29.6 Å². The van der Waals surface area contributed by atoms with E-state index in [-0.39, 0.29) is 36.4 Å². The summed E-state index contributed by atoms with van der Waals surface area (Å²) in [6.07, 6.45) is -27.8. The maximum absolute atomic E-state index is 13.5. The highest BCUT2D eigenvalue weighted by Gasteiger charge is 2.46. The summed E-state index contributed by atoms with van der Waals surface area (Å²) < 4.78 is 209. The predicted octanol–water partition coefficient (Wildman–Crippen LogP) is 9.53. The van der Waals surface area contributed by atoms with E-state index in [0.29, 0.717) is 6.07 Å². The van der Waals surface area contributed by atoms with Crippen LogP contribution in [0.1, 0.15) is 27.8 Å². The van der Waals surface area contributed by atoms with Crippen molar-refractivity contribution in [3.05, 3.63) is 70.3 Å². The number of rotatable bonds is 4. The van der Waals surface area contributed by atoms with Crippen LogP contribution in [0.3, 0.4) is 0 Å². The molecule has 0 fully saturated rings. The van der Waals surface area contributed by atoms with E-state index in [1.165, 1.54) is 0 Å². The summed E-state index contributed by atoms with van der Waals surface area (Å²) in [7, 11) is 0. The van der Waals surface area contributed by atoms with Crippen molar-refractivity contribution in [2.75, 3.05) is 11.5 Å². The Morgan fingerprint density at radius 2 is 0.690 bits per heavy atom. The molecule has 42 heavy (non-hydrogen) atoms. The van der Waals surface area contributed by atoms with Crippen LogP contribution >= 0.6 is 0 Å². The van der Waals surface area contributed by atoms with Crippen molar-refractivity contribution in [2.24, 2.45) is 0 Å². The second-order valence-electron chi connectivity index (χ2n) is 8.26. The lowest BCUT2D eigenvalue weighted by molar-refractivity contribution is -0.161.